The number of nitrogens with two attached hydrogens (primary N) is 1. The van der Waals surface area contributed by atoms with Gasteiger partial charge < -0.3 is 10.3 Å². The fourth-order valence-electron chi connectivity index (χ4n) is 2.80. The molecule has 3 aromatic rings. The van der Waals surface area contributed by atoms with E-state index >= 15 is 0 Å². The molecule has 1 aliphatic carbocycles. The molecule has 4 rings (SSSR count). The Morgan fingerprint density at radius 1 is 1.15 bits per heavy atom. The number of nitrogens with one attached hydrogen (secondary N) is 1. The zero-order valence-corrected chi connectivity index (χ0v) is 13.8. The minimum atomic E-state index is -0.571. The summed E-state index contributed by atoms with van der Waals surface area (Å²) in [5.74, 6) is -0.481. The van der Waals surface area contributed by atoms with Gasteiger partial charge in [0.25, 0.3) is 0 Å². The Labute approximate surface area is 149 Å². The number of amides is 2. The van der Waals surface area contributed by atoms with Crippen molar-refractivity contribution in [2.45, 2.75) is 12.8 Å². The Hall–Kier alpha value is -3.48. The van der Waals surface area contributed by atoms with Crippen molar-refractivity contribution in [1.82, 2.24) is 10.1 Å². The topological polar surface area (TPSA) is 111 Å². The van der Waals surface area contributed by atoms with Crippen LogP contribution < -0.4 is 11.1 Å². The highest BCUT2D eigenvalue weighted by molar-refractivity contribution is 6.05. The molecular formula is C19H16N4O3. The van der Waals surface area contributed by atoms with Gasteiger partial charge in [-0.25, -0.2) is 0 Å². The summed E-state index contributed by atoms with van der Waals surface area (Å²) in [5, 5.41) is 6.90. The van der Waals surface area contributed by atoms with Crippen molar-refractivity contribution in [3.05, 3.63) is 54.4 Å². The van der Waals surface area contributed by atoms with Gasteiger partial charge in [0.2, 0.25) is 17.7 Å². The van der Waals surface area contributed by atoms with E-state index in [0.29, 0.717) is 27.9 Å². The molecule has 26 heavy (non-hydrogen) atoms. The smallest absolute Gasteiger partial charge is 0.249 e. The number of hydrogen-bond acceptors (Lipinski definition) is 5. The molecule has 130 valence electrons. The number of aromatic nitrogens is 2. The number of anilines is 1. The number of carbonyl (C=O) groups excluding carboxylic acids is 2. The summed E-state index contributed by atoms with van der Waals surface area (Å²) in [6, 6.07) is 10.5. The molecule has 1 fully saturated rings. The molecule has 1 saturated carbocycles. The van der Waals surface area contributed by atoms with Crippen LogP contribution in [0.25, 0.3) is 22.4 Å². The van der Waals surface area contributed by atoms with E-state index in [4.69, 9.17) is 10.3 Å². The third-order valence-electron chi connectivity index (χ3n) is 4.27. The molecule has 7 heteroatoms. The van der Waals surface area contributed by atoms with Crippen molar-refractivity contribution < 1.29 is 14.1 Å². The quantitative estimate of drug-likeness (QED) is 0.736. The van der Waals surface area contributed by atoms with Gasteiger partial charge in [-0.1, -0.05) is 23.4 Å². The molecule has 0 radical (unpaired) electrons. The van der Waals surface area contributed by atoms with Crippen LogP contribution in [0.3, 0.4) is 0 Å². The Kier molecular flexibility index (Phi) is 3.96. The van der Waals surface area contributed by atoms with Gasteiger partial charge in [0.05, 0.1) is 5.56 Å². The largest absolute Gasteiger partial charge is 0.366 e. The van der Waals surface area contributed by atoms with Crippen LogP contribution >= 0.6 is 0 Å². The summed E-state index contributed by atoms with van der Waals surface area (Å²) in [6.45, 7) is 0. The molecule has 0 atom stereocenters. The number of benzene rings is 1. The molecule has 1 aromatic carbocycles. The first-order valence-corrected chi connectivity index (χ1v) is 8.25. The molecule has 3 N–H and O–H groups in total. The van der Waals surface area contributed by atoms with E-state index in [1.807, 2.05) is 6.07 Å². The van der Waals surface area contributed by atoms with Crippen LogP contribution in [0.4, 0.5) is 5.88 Å². The molecule has 2 heterocycles. The molecule has 0 saturated heterocycles. The number of carbonyl (C=O) groups is 2. The summed E-state index contributed by atoms with van der Waals surface area (Å²) in [5.41, 5.74) is 8.10. The fraction of sp³-hybridized carbons (Fsp3) is 0.158. The van der Waals surface area contributed by atoms with Crippen molar-refractivity contribution in [1.29, 1.82) is 0 Å². The van der Waals surface area contributed by atoms with Crippen molar-refractivity contribution in [2.24, 2.45) is 11.7 Å². The molecular weight excluding hydrogens is 332 g/mol. The molecule has 0 bridgehead atoms. The van der Waals surface area contributed by atoms with Crippen LogP contribution in [0.5, 0.6) is 0 Å². The predicted molar refractivity (Wildman–Crippen MR) is 95.0 cm³/mol. The van der Waals surface area contributed by atoms with Crippen LogP contribution in [-0.2, 0) is 4.79 Å². The highest BCUT2D eigenvalue weighted by Crippen LogP contribution is 2.40. The minimum absolute atomic E-state index is 0.00109. The summed E-state index contributed by atoms with van der Waals surface area (Å²) in [4.78, 5) is 28.2. The van der Waals surface area contributed by atoms with E-state index < -0.39 is 5.91 Å². The van der Waals surface area contributed by atoms with E-state index in [1.165, 1.54) is 0 Å². The van der Waals surface area contributed by atoms with Crippen LogP contribution in [0, 0.1) is 5.92 Å². The van der Waals surface area contributed by atoms with Crippen LogP contribution in [0.2, 0.25) is 0 Å². The third-order valence-corrected chi connectivity index (χ3v) is 4.27. The molecule has 1 aliphatic rings. The average Bonchev–Trinajstić information content (AvgIpc) is 3.44. The zero-order valence-electron chi connectivity index (χ0n) is 13.8. The van der Waals surface area contributed by atoms with Gasteiger partial charge in [0, 0.05) is 35.0 Å². The number of primary amides is 1. The lowest BCUT2D eigenvalue weighted by atomic mass is 9.96. The van der Waals surface area contributed by atoms with Gasteiger partial charge >= 0.3 is 0 Å². The first kappa shape index (κ1) is 16.0. The Morgan fingerprint density at radius 3 is 2.65 bits per heavy atom. The molecule has 0 unspecified atom stereocenters. The van der Waals surface area contributed by atoms with Gasteiger partial charge in [0.1, 0.15) is 5.69 Å². The Balaban J connectivity index is 1.88. The zero-order chi connectivity index (χ0) is 18.1. The van der Waals surface area contributed by atoms with E-state index in [9.17, 15) is 9.59 Å². The second-order valence-electron chi connectivity index (χ2n) is 6.15. The molecule has 2 amide bonds. The minimum Gasteiger partial charge on any atom is -0.366 e. The summed E-state index contributed by atoms with van der Waals surface area (Å²) in [7, 11) is 0. The maximum Gasteiger partial charge on any atom is 0.249 e. The highest BCUT2D eigenvalue weighted by Gasteiger charge is 2.32. The fourth-order valence-corrected chi connectivity index (χ4v) is 2.80. The summed E-state index contributed by atoms with van der Waals surface area (Å²) in [6.07, 6.45) is 5.02. The number of pyridine rings is 1. The van der Waals surface area contributed by atoms with Crippen LogP contribution in [0.15, 0.2) is 53.3 Å². The van der Waals surface area contributed by atoms with Gasteiger partial charge in [-0.05, 0) is 31.0 Å². The lowest BCUT2D eigenvalue weighted by Gasteiger charge is -2.09. The number of nitrogens with zero attached hydrogens (tertiary/aromatic N) is 2. The first-order chi connectivity index (χ1) is 12.6. The monoisotopic (exact) mass is 348 g/mol. The molecule has 2 aromatic heterocycles. The first-order valence-electron chi connectivity index (χ1n) is 8.25. The van der Waals surface area contributed by atoms with Gasteiger partial charge in [-0.3, -0.25) is 19.9 Å². The normalized spacial score (nSPS) is 13.4. The van der Waals surface area contributed by atoms with Crippen LogP contribution in [0.1, 0.15) is 23.2 Å². The van der Waals surface area contributed by atoms with E-state index in [0.717, 1.165) is 12.8 Å². The van der Waals surface area contributed by atoms with Crippen LogP contribution in [-0.4, -0.2) is 22.0 Å². The average molecular weight is 348 g/mol. The Bertz CT molecular complexity index is 977. The van der Waals surface area contributed by atoms with E-state index in [1.54, 1.807) is 42.7 Å². The Morgan fingerprint density at radius 2 is 1.96 bits per heavy atom. The van der Waals surface area contributed by atoms with Gasteiger partial charge in [0.15, 0.2) is 0 Å². The number of rotatable bonds is 5. The van der Waals surface area contributed by atoms with Crippen molar-refractivity contribution >= 4 is 17.7 Å². The second kappa shape index (κ2) is 6.44. The molecule has 0 spiro atoms. The van der Waals surface area contributed by atoms with E-state index in [2.05, 4.69) is 15.5 Å². The lowest BCUT2D eigenvalue weighted by molar-refractivity contribution is -0.117. The van der Waals surface area contributed by atoms with Crippen molar-refractivity contribution in [3.63, 3.8) is 0 Å². The second-order valence-corrected chi connectivity index (χ2v) is 6.15. The van der Waals surface area contributed by atoms with Crippen molar-refractivity contribution in [2.75, 3.05) is 5.32 Å². The third kappa shape index (κ3) is 2.95. The van der Waals surface area contributed by atoms with E-state index in [-0.39, 0.29) is 17.7 Å². The number of hydrogen-bond donors (Lipinski definition) is 2. The molecule has 7 nitrogen and oxygen atoms in total. The lowest BCUT2D eigenvalue weighted by Crippen LogP contribution is -2.15. The summed E-state index contributed by atoms with van der Waals surface area (Å²) >= 11 is 0. The maximum atomic E-state index is 12.2. The SMILES string of the molecule is NC(=O)c1ccccc1-c1c(-c2cccnc2)noc1NC(=O)C1CC1. The van der Waals surface area contributed by atoms with Gasteiger partial charge in [-0.15, -0.1) is 0 Å². The highest BCUT2D eigenvalue weighted by atomic mass is 16.5. The predicted octanol–water partition coefficient (Wildman–Crippen LogP) is 2.85. The summed E-state index contributed by atoms with van der Waals surface area (Å²) < 4.78 is 5.43. The van der Waals surface area contributed by atoms with Gasteiger partial charge in [-0.2, -0.15) is 0 Å². The standard InChI is InChI=1S/C19H16N4O3/c20-17(24)14-6-2-1-5-13(14)15-16(12-4-3-9-21-10-12)23-26-19(15)22-18(25)11-7-8-11/h1-6,9-11H,7-8H2,(H2,20,24)(H,22,25). The van der Waals surface area contributed by atoms with Crippen molar-refractivity contribution in [3.8, 4) is 22.4 Å². The maximum absolute atomic E-state index is 12.2. The molecule has 0 aliphatic heterocycles.